The molecule has 0 aromatic heterocycles. The standard InChI is InChI=1S/C12H13N3O4/c1-18-12(17)8-2-3-9(15-11(16)7-14)10(6-8)19-5-4-13/h2-3,6H,5,7,14H2,1H3,(H,15,16). The molecular formula is C12H13N3O4. The van der Waals surface area contributed by atoms with Crippen LogP contribution in [0, 0.1) is 11.3 Å². The number of benzene rings is 1. The molecule has 1 rings (SSSR count). The molecule has 0 saturated carbocycles. The van der Waals surface area contributed by atoms with E-state index in [-0.39, 0.29) is 24.5 Å². The van der Waals surface area contributed by atoms with Crippen LogP contribution >= 0.6 is 0 Å². The minimum atomic E-state index is -0.543. The SMILES string of the molecule is COC(=O)c1ccc(NC(=O)CN)c(OCC#N)c1. The van der Waals surface area contributed by atoms with Gasteiger partial charge in [0.2, 0.25) is 5.91 Å². The van der Waals surface area contributed by atoms with E-state index in [2.05, 4.69) is 10.1 Å². The number of rotatable bonds is 5. The Labute approximate surface area is 109 Å². The Morgan fingerprint density at radius 3 is 2.79 bits per heavy atom. The Kier molecular flexibility index (Phi) is 5.32. The van der Waals surface area contributed by atoms with Crippen LogP contribution < -0.4 is 15.8 Å². The van der Waals surface area contributed by atoms with Crippen LogP contribution in [0.1, 0.15) is 10.4 Å². The lowest BCUT2D eigenvalue weighted by Crippen LogP contribution is -2.22. The van der Waals surface area contributed by atoms with E-state index in [1.54, 1.807) is 6.07 Å². The number of nitrogens with two attached hydrogens (primary N) is 1. The first kappa shape index (κ1) is 14.5. The molecule has 1 aromatic carbocycles. The molecule has 7 heteroatoms. The molecule has 0 aliphatic carbocycles. The van der Waals surface area contributed by atoms with Crippen LogP contribution in [0.25, 0.3) is 0 Å². The monoisotopic (exact) mass is 263 g/mol. The number of esters is 1. The predicted octanol–water partition coefficient (Wildman–Crippen LogP) is 0.273. The number of hydrogen-bond acceptors (Lipinski definition) is 6. The average molecular weight is 263 g/mol. The minimum absolute atomic E-state index is 0.184. The molecule has 0 fully saturated rings. The van der Waals surface area contributed by atoms with Crippen molar-refractivity contribution in [2.45, 2.75) is 0 Å². The van der Waals surface area contributed by atoms with Crippen molar-refractivity contribution in [1.29, 1.82) is 5.26 Å². The Bertz CT molecular complexity index is 522. The van der Waals surface area contributed by atoms with Gasteiger partial charge in [0.1, 0.15) is 11.8 Å². The van der Waals surface area contributed by atoms with Crippen LogP contribution in [0.5, 0.6) is 5.75 Å². The molecule has 0 aliphatic heterocycles. The smallest absolute Gasteiger partial charge is 0.337 e. The van der Waals surface area contributed by atoms with Gasteiger partial charge in [0, 0.05) is 0 Å². The summed E-state index contributed by atoms with van der Waals surface area (Å²) in [6, 6.07) is 6.13. The first-order valence-corrected chi connectivity index (χ1v) is 5.34. The van der Waals surface area contributed by atoms with Gasteiger partial charge in [-0.05, 0) is 18.2 Å². The van der Waals surface area contributed by atoms with E-state index in [1.807, 2.05) is 0 Å². The third-order valence-corrected chi connectivity index (χ3v) is 2.15. The zero-order chi connectivity index (χ0) is 14.3. The van der Waals surface area contributed by atoms with E-state index >= 15 is 0 Å². The first-order valence-electron chi connectivity index (χ1n) is 5.34. The van der Waals surface area contributed by atoms with Crippen molar-refractivity contribution in [1.82, 2.24) is 0 Å². The summed E-state index contributed by atoms with van der Waals surface area (Å²) >= 11 is 0. The summed E-state index contributed by atoms with van der Waals surface area (Å²) in [6.07, 6.45) is 0. The van der Waals surface area contributed by atoms with E-state index in [9.17, 15) is 9.59 Å². The summed E-state index contributed by atoms with van der Waals surface area (Å²) < 4.78 is 9.71. The Morgan fingerprint density at radius 2 is 2.21 bits per heavy atom. The van der Waals surface area contributed by atoms with E-state index < -0.39 is 11.9 Å². The maximum atomic E-state index is 11.4. The quantitative estimate of drug-likeness (QED) is 0.737. The Balaban J connectivity index is 3.05. The average Bonchev–Trinajstić information content (AvgIpc) is 2.45. The second-order valence-corrected chi connectivity index (χ2v) is 3.40. The van der Waals surface area contributed by atoms with Crippen molar-refractivity contribution in [2.75, 3.05) is 25.6 Å². The van der Waals surface area contributed by atoms with Crippen LogP contribution in [0.3, 0.4) is 0 Å². The van der Waals surface area contributed by atoms with Crippen LogP contribution in [-0.2, 0) is 9.53 Å². The zero-order valence-corrected chi connectivity index (χ0v) is 10.3. The lowest BCUT2D eigenvalue weighted by atomic mass is 10.2. The van der Waals surface area contributed by atoms with Gasteiger partial charge in [-0.25, -0.2) is 4.79 Å². The molecule has 0 aliphatic rings. The summed E-state index contributed by atoms with van der Waals surface area (Å²) in [6.45, 7) is -0.396. The van der Waals surface area contributed by atoms with Gasteiger partial charge in [-0.15, -0.1) is 0 Å². The fourth-order valence-corrected chi connectivity index (χ4v) is 1.30. The molecular weight excluding hydrogens is 250 g/mol. The summed E-state index contributed by atoms with van der Waals surface area (Å²) in [7, 11) is 1.25. The van der Waals surface area contributed by atoms with E-state index in [0.717, 1.165) is 0 Å². The summed E-state index contributed by atoms with van der Waals surface area (Å²) in [5.74, 6) is -0.752. The number of nitrogens with zero attached hydrogens (tertiary/aromatic N) is 1. The lowest BCUT2D eigenvalue weighted by Gasteiger charge is -2.11. The first-order chi connectivity index (χ1) is 9.12. The van der Waals surface area contributed by atoms with Crippen LogP contribution in [0.2, 0.25) is 0 Å². The van der Waals surface area contributed by atoms with Crippen molar-refractivity contribution in [3.05, 3.63) is 23.8 Å². The van der Waals surface area contributed by atoms with Gasteiger partial charge in [-0.1, -0.05) is 0 Å². The third kappa shape index (κ3) is 3.97. The van der Waals surface area contributed by atoms with E-state index in [1.165, 1.54) is 25.3 Å². The van der Waals surface area contributed by atoms with Gasteiger partial charge in [0.05, 0.1) is 24.9 Å². The molecule has 0 atom stereocenters. The van der Waals surface area contributed by atoms with Crippen LogP contribution in [-0.4, -0.2) is 32.1 Å². The Hall–Kier alpha value is -2.59. The van der Waals surface area contributed by atoms with Crippen molar-refractivity contribution < 1.29 is 19.1 Å². The number of nitriles is 1. The summed E-state index contributed by atoms with van der Waals surface area (Å²) in [5, 5.41) is 11.0. The van der Waals surface area contributed by atoms with Gasteiger partial charge in [-0.2, -0.15) is 5.26 Å². The number of nitrogens with one attached hydrogen (secondary N) is 1. The number of carbonyl (C=O) groups is 2. The molecule has 1 aromatic rings. The molecule has 0 heterocycles. The Morgan fingerprint density at radius 1 is 1.47 bits per heavy atom. The normalized spacial score (nSPS) is 9.32. The molecule has 19 heavy (non-hydrogen) atoms. The largest absolute Gasteiger partial charge is 0.477 e. The van der Waals surface area contributed by atoms with Gasteiger partial charge in [-0.3, -0.25) is 4.79 Å². The highest BCUT2D eigenvalue weighted by Crippen LogP contribution is 2.26. The second kappa shape index (κ2) is 6.98. The molecule has 0 unspecified atom stereocenters. The van der Waals surface area contributed by atoms with E-state index in [0.29, 0.717) is 5.69 Å². The van der Waals surface area contributed by atoms with Gasteiger partial charge in [0.15, 0.2) is 6.61 Å². The third-order valence-electron chi connectivity index (χ3n) is 2.15. The van der Waals surface area contributed by atoms with Gasteiger partial charge < -0.3 is 20.5 Å². The number of anilines is 1. The molecule has 0 bridgehead atoms. The molecule has 0 spiro atoms. The maximum Gasteiger partial charge on any atom is 0.337 e. The van der Waals surface area contributed by atoms with E-state index in [4.69, 9.17) is 15.7 Å². The molecule has 0 radical (unpaired) electrons. The fraction of sp³-hybridized carbons (Fsp3) is 0.250. The highest BCUT2D eigenvalue weighted by molar-refractivity contribution is 5.95. The maximum absolute atomic E-state index is 11.4. The number of methoxy groups -OCH3 is 1. The second-order valence-electron chi connectivity index (χ2n) is 3.40. The molecule has 100 valence electrons. The highest BCUT2D eigenvalue weighted by Gasteiger charge is 2.12. The number of carbonyl (C=O) groups excluding carboxylic acids is 2. The predicted molar refractivity (Wildman–Crippen MR) is 66.6 cm³/mol. The number of amides is 1. The van der Waals surface area contributed by atoms with Crippen molar-refractivity contribution in [3.8, 4) is 11.8 Å². The number of hydrogen-bond donors (Lipinski definition) is 2. The number of ether oxygens (including phenoxy) is 2. The highest BCUT2D eigenvalue weighted by atomic mass is 16.5. The topological polar surface area (TPSA) is 114 Å². The van der Waals surface area contributed by atoms with Crippen LogP contribution in [0.15, 0.2) is 18.2 Å². The van der Waals surface area contributed by atoms with Crippen LogP contribution in [0.4, 0.5) is 5.69 Å². The molecule has 3 N–H and O–H groups in total. The van der Waals surface area contributed by atoms with Crippen molar-refractivity contribution in [2.24, 2.45) is 5.73 Å². The summed E-state index contributed by atoms with van der Waals surface area (Å²) in [5.41, 5.74) is 5.77. The van der Waals surface area contributed by atoms with Gasteiger partial charge >= 0.3 is 5.97 Å². The van der Waals surface area contributed by atoms with Gasteiger partial charge in [0.25, 0.3) is 0 Å². The molecule has 7 nitrogen and oxygen atoms in total. The fourth-order valence-electron chi connectivity index (χ4n) is 1.30. The van der Waals surface area contributed by atoms with Crippen molar-refractivity contribution >= 4 is 17.6 Å². The minimum Gasteiger partial charge on any atom is -0.477 e. The lowest BCUT2D eigenvalue weighted by molar-refractivity contribution is -0.114. The molecule has 0 saturated heterocycles. The van der Waals surface area contributed by atoms with Crippen molar-refractivity contribution in [3.63, 3.8) is 0 Å². The summed E-state index contributed by atoms with van der Waals surface area (Å²) in [4.78, 5) is 22.6. The molecule has 1 amide bonds. The zero-order valence-electron chi connectivity index (χ0n) is 10.3.